The van der Waals surface area contributed by atoms with E-state index in [-0.39, 0.29) is 18.4 Å². The lowest BCUT2D eigenvalue weighted by molar-refractivity contribution is -0.125. The van der Waals surface area contributed by atoms with Gasteiger partial charge in [-0.2, -0.15) is 0 Å². The van der Waals surface area contributed by atoms with Crippen molar-refractivity contribution in [3.05, 3.63) is 40.9 Å². The number of nitrogens with one attached hydrogen (secondary N) is 1. The summed E-state index contributed by atoms with van der Waals surface area (Å²) in [6.07, 6.45) is 2.42. The number of hydrogen-bond acceptors (Lipinski definition) is 6. The van der Waals surface area contributed by atoms with Gasteiger partial charge in [0.25, 0.3) is 0 Å². The molecule has 1 aromatic carbocycles. The SMILES string of the molecule is O=C(NCCCO)[C@H]1CCCN(c2ccc(Sc3ccc(Br)cc3)nn2)C1. The summed E-state index contributed by atoms with van der Waals surface area (Å²) in [6.45, 7) is 2.15. The van der Waals surface area contributed by atoms with Gasteiger partial charge in [-0.15, -0.1) is 10.2 Å². The van der Waals surface area contributed by atoms with Crippen LogP contribution in [-0.2, 0) is 4.79 Å². The van der Waals surface area contributed by atoms with Crippen LogP contribution in [0.3, 0.4) is 0 Å². The molecule has 2 aromatic rings. The normalized spacial score (nSPS) is 17.0. The van der Waals surface area contributed by atoms with Crippen molar-refractivity contribution in [1.82, 2.24) is 15.5 Å². The zero-order chi connectivity index (χ0) is 19.1. The largest absolute Gasteiger partial charge is 0.396 e. The molecule has 1 aromatic heterocycles. The lowest BCUT2D eigenvalue weighted by Crippen LogP contribution is -2.43. The molecule has 0 spiro atoms. The number of carbonyl (C=O) groups excluding carboxylic acids is 1. The highest BCUT2D eigenvalue weighted by molar-refractivity contribution is 9.10. The van der Waals surface area contributed by atoms with Gasteiger partial charge in [0.15, 0.2) is 5.82 Å². The zero-order valence-electron chi connectivity index (χ0n) is 15.0. The molecular weight excluding hydrogens is 428 g/mol. The Balaban J connectivity index is 1.57. The van der Waals surface area contributed by atoms with Gasteiger partial charge >= 0.3 is 0 Å². The first-order valence-electron chi connectivity index (χ1n) is 9.06. The molecule has 0 bridgehead atoms. The second-order valence-electron chi connectivity index (χ2n) is 6.44. The Morgan fingerprint density at radius 2 is 2.07 bits per heavy atom. The maximum Gasteiger partial charge on any atom is 0.224 e. The predicted octanol–water partition coefficient (Wildman–Crippen LogP) is 3.11. The quantitative estimate of drug-likeness (QED) is 0.630. The number of piperidine rings is 1. The molecule has 1 fully saturated rings. The minimum Gasteiger partial charge on any atom is -0.396 e. The summed E-state index contributed by atoms with van der Waals surface area (Å²) in [5.74, 6) is 0.822. The molecule has 3 rings (SSSR count). The highest BCUT2D eigenvalue weighted by atomic mass is 79.9. The fraction of sp³-hybridized carbons (Fsp3) is 0.421. The monoisotopic (exact) mass is 450 g/mol. The number of rotatable bonds is 7. The van der Waals surface area contributed by atoms with E-state index in [1.165, 1.54) is 0 Å². The van der Waals surface area contributed by atoms with Crippen LogP contribution in [0.5, 0.6) is 0 Å². The maximum atomic E-state index is 12.3. The van der Waals surface area contributed by atoms with Crippen LogP contribution in [0.4, 0.5) is 5.82 Å². The molecular formula is C19H23BrN4O2S. The highest BCUT2D eigenvalue weighted by Crippen LogP contribution is 2.28. The number of hydrogen-bond donors (Lipinski definition) is 2. The molecule has 1 aliphatic heterocycles. The molecule has 8 heteroatoms. The van der Waals surface area contributed by atoms with E-state index in [0.29, 0.717) is 19.5 Å². The molecule has 6 nitrogen and oxygen atoms in total. The molecule has 0 saturated carbocycles. The van der Waals surface area contributed by atoms with Crippen molar-refractivity contribution in [2.75, 3.05) is 31.1 Å². The van der Waals surface area contributed by atoms with Crippen LogP contribution < -0.4 is 10.2 Å². The first kappa shape index (κ1) is 20.1. The Hall–Kier alpha value is -1.64. The molecule has 1 atom stereocenters. The molecule has 144 valence electrons. The van der Waals surface area contributed by atoms with Gasteiger partial charge in [-0.3, -0.25) is 4.79 Å². The fourth-order valence-corrected chi connectivity index (χ4v) is 3.99. The van der Waals surface area contributed by atoms with E-state index in [0.717, 1.165) is 39.6 Å². The standard InChI is InChI=1S/C19H23BrN4O2S/c20-15-4-6-16(7-5-15)27-18-9-8-17(22-23-18)24-11-1-3-14(13-24)19(26)21-10-2-12-25/h4-9,14,25H,1-3,10-13H2,(H,21,26)/t14-/m0/s1. The van der Waals surface area contributed by atoms with E-state index in [4.69, 9.17) is 5.11 Å². The summed E-state index contributed by atoms with van der Waals surface area (Å²) < 4.78 is 1.05. The van der Waals surface area contributed by atoms with Gasteiger partial charge in [-0.25, -0.2) is 0 Å². The number of aliphatic hydroxyl groups is 1. The summed E-state index contributed by atoms with van der Waals surface area (Å²) in [5, 5.41) is 21.3. The lowest BCUT2D eigenvalue weighted by atomic mass is 9.97. The van der Waals surface area contributed by atoms with Gasteiger partial charge in [-0.1, -0.05) is 27.7 Å². The van der Waals surface area contributed by atoms with Gasteiger partial charge in [0.2, 0.25) is 5.91 Å². The number of aromatic nitrogens is 2. The van der Waals surface area contributed by atoms with E-state index >= 15 is 0 Å². The summed E-state index contributed by atoms with van der Waals surface area (Å²) in [5.41, 5.74) is 0. The number of halogens is 1. The second-order valence-corrected chi connectivity index (χ2v) is 8.45. The first-order chi connectivity index (χ1) is 13.2. The number of aliphatic hydroxyl groups excluding tert-OH is 1. The molecule has 2 heterocycles. The number of amides is 1. The molecule has 1 saturated heterocycles. The minimum absolute atomic E-state index is 0.0453. The van der Waals surface area contributed by atoms with Crippen LogP contribution in [0, 0.1) is 5.92 Å². The lowest BCUT2D eigenvalue weighted by Gasteiger charge is -2.32. The molecule has 0 radical (unpaired) electrons. The third kappa shape index (κ3) is 5.92. The Labute approximate surface area is 171 Å². The number of carbonyl (C=O) groups is 1. The van der Waals surface area contributed by atoms with Crippen LogP contribution in [0.2, 0.25) is 0 Å². The van der Waals surface area contributed by atoms with E-state index in [1.807, 2.05) is 36.4 Å². The van der Waals surface area contributed by atoms with Gasteiger partial charge in [0.1, 0.15) is 5.03 Å². The van der Waals surface area contributed by atoms with Gasteiger partial charge in [0.05, 0.1) is 5.92 Å². The van der Waals surface area contributed by atoms with Crippen LogP contribution in [0.25, 0.3) is 0 Å². The van der Waals surface area contributed by atoms with Crippen LogP contribution in [0.1, 0.15) is 19.3 Å². The van der Waals surface area contributed by atoms with Crippen molar-refractivity contribution in [2.24, 2.45) is 5.92 Å². The molecule has 1 amide bonds. The number of anilines is 1. The third-order valence-electron chi connectivity index (χ3n) is 4.41. The molecule has 27 heavy (non-hydrogen) atoms. The zero-order valence-corrected chi connectivity index (χ0v) is 17.4. The van der Waals surface area contributed by atoms with E-state index in [9.17, 15) is 4.79 Å². The van der Waals surface area contributed by atoms with Crippen LogP contribution >= 0.6 is 27.7 Å². The van der Waals surface area contributed by atoms with Gasteiger partial charge < -0.3 is 15.3 Å². The Kier molecular flexibility index (Phi) is 7.49. The Morgan fingerprint density at radius 3 is 2.78 bits per heavy atom. The van der Waals surface area contributed by atoms with Crippen LogP contribution in [-0.4, -0.2) is 47.5 Å². The highest BCUT2D eigenvalue weighted by Gasteiger charge is 2.26. The second kappa shape index (κ2) is 10.1. The average molecular weight is 451 g/mol. The van der Waals surface area contributed by atoms with Crippen molar-refractivity contribution < 1.29 is 9.90 Å². The fourth-order valence-electron chi connectivity index (χ4n) is 2.99. The molecule has 0 aliphatic carbocycles. The molecule has 1 aliphatic rings. The Bertz CT molecular complexity index is 742. The van der Waals surface area contributed by atoms with Gasteiger partial charge in [-0.05, 0) is 55.7 Å². The van der Waals surface area contributed by atoms with E-state index in [1.54, 1.807) is 11.8 Å². The molecule has 2 N–H and O–H groups in total. The van der Waals surface area contributed by atoms with Crippen molar-refractivity contribution >= 4 is 39.4 Å². The average Bonchev–Trinajstić information content (AvgIpc) is 2.70. The van der Waals surface area contributed by atoms with E-state index < -0.39 is 0 Å². The van der Waals surface area contributed by atoms with E-state index in [2.05, 4.69) is 36.3 Å². The predicted molar refractivity (Wildman–Crippen MR) is 110 cm³/mol. The minimum atomic E-state index is -0.0453. The summed E-state index contributed by atoms with van der Waals surface area (Å²) in [6, 6.07) is 12.0. The summed E-state index contributed by atoms with van der Waals surface area (Å²) in [4.78, 5) is 15.5. The molecule has 0 unspecified atom stereocenters. The summed E-state index contributed by atoms with van der Waals surface area (Å²) >= 11 is 5.01. The first-order valence-corrected chi connectivity index (χ1v) is 10.7. The summed E-state index contributed by atoms with van der Waals surface area (Å²) in [7, 11) is 0. The van der Waals surface area contributed by atoms with Crippen molar-refractivity contribution in [3.63, 3.8) is 0 Å². The number of benzene rings is 1. The van der Waals surface area contributed by atoms with Crippen molar-refractivity contribution in [2.45, 2.75) is 29.2 Å². The number of nitrogens with zero attached hydrogens (tertiary/aromatic N) is 3. The Morgan fingerprint density at radius 1 is 1.26 bits per heavy atom. The third-order valence-corrected chi connectivity index (χ3v) is 5.88. The van der Waals surface area contributed by atoms with Gasteiger partial charge in [0, 0.05) is 35.6 Å². The van der Waals surface area contributed by atoms with Crippen molar-refractivity contribution in [3.8, 4) is 0 Å². The van der Waals surface area contributed by atoms with Crippen molar-refractivity contribution in [1.29, 1.82) is 0 Å². The smallest absolute Gasteiger partial charge is 0.224 e. The van der Waals surface area contributed by atoms with Crippen LogP contribution in [0.15, 0.2) is 50.8 Å². The maximum absolute atomic E-state index is 12.3. The topological polar surface area (TPSA) is 78.4 Å².